The van der Waals surface area contributed by atoms with E-state index in [9.17, 15) is 9.90 Å². The van der Waals surface area contributed by atoms with Gasteiger partial charge in [-0.25, -0.2) is 4.79 Å². The molecular weight excluding hydrogens is 322 g/mol. The van der Waals surface area contributed by atoms with Crippen LogP contribution >= 0.6 is 0 Å². The molecule has 6 nitrogen and oxygen atoms in total. The van der Waals surface area contributed by atoms with Crippen molar-refractivity contribution < 1.29 is 24.1 Å². The number of nitrogens with one attached hydrogen (secondary N) is 1. The third-order valence-electron chi connectivity index (χ3n) is 3.91. The zero-order valence-electron chi connectivity index (χ0n) is 15.2. The Bertz CT molecular complexity index is 528. The predicted octanol–water partition coefficient (Wildman–Crippen LogP) is 2.64. The number of carbonyl (C=O) groups excluding carboxylic acids is 1. The number of amides is 1. The Morgan fingerprint density at radius 2 is 2.00 bits per heavy atom. The number of benzene rings is 1. The molecule has 3 atom stereocenters. The summed E-state index contributed by atoms with van der Waals surface area (Å²) in [7, 11) is 0. The van der Waals surface area contributed by atoms with Crippen LogP contribution in [-0.4, -0.2) is 48.3 Å². The normalized spacial score (nSPS) is 23.9. The molecule has 0 saturated carbocycles. The summed E-state index contributed by atoms with van der Waals surface area (Å²) in [4.78, 5) is 11.7. The Hall–Kier alpha value is -1.63. The first-order valence-corrected chi connectivity index (χ1v) is 8.76. The van der Waals surface area contributed by atoms with Crippen LogP contribution in [0.25, 0.3) is 0 Å². The molecule has 6 heteroatoms. The van der Waals surface area contributed by atoms with Crippen molar-refractivity contribution in [3.05, 3.63) is 35.9 Å². The van der Waals surface area contributed by atoms with E-state index in [0.29, 0.717) is 13.2 Å². The van der Waals surface area contributed by atoms with E-state index in [0.717, 1.165) is 18.4 Å². The minimum atomic E-state index is -0.526. The van der Waals surface area contributed by atoms with Crippen LogP contribution in [0.5, 0.6) is 0 Å². The van der Waals surface area contributed by atoms with Gasteiger partial charge in [0.2, 0.25) is 0 Å². The first-order valence-electron chi connectivity index (χ1n) is 8.76. The van der Waals surface area contributed by atoms with Crippen molar-refractivity contribution in [3.8, 4) is 0 Å². The van der Waals surface area contributed by atoms with Crippen LogP contribution in [0.3, 0.4) is 0 Å². The van der Waals surface area contributed by atoms with E-state index < -0.39 is 11.7 Å². The van der Waals surface area contributed by atoms with Gasteiger partial charge in [-0.05, 0) is 39.2 Å². The van der Waals surface area contributed by atoms with Crippen molar-refractivity contribution >= 4 is 6.09 Å². The number of hydrogen-bond donors (Lipinski definition) is 2. The molecule has 2 N–H and O–H groups in total. The predicted molar refractivity (Wildman–Crippen MR) is 94.2 cm³/mol. The zero-order valence-corrected chi connectivity index (χ0v) is 15.2. The van der Waals surface area contributed by atoms with Gasteiger partial charge < -0.3 is 24.6 Å². The Labute approximate surface area is 149 Å². The second kappa shape index (κ2) is 9.17. The van der Waals surface area contributed by atoms with Crippen LogP contribution in [0, 0.1) is 0 Å². The number of aliphatic hydroxyl groups is 1. The van der Waals surface area contributed by atoms with Gasteiger partial charge in [-0.3, -0.25) is 0 Å². The molecule has 2 rings (SSSR count). The summed E-state index contributed by atoms with van der Waals surface area (Å²) < 4.78 is 17.0. The highest BCUT2D eigenvalue weighted by Gasteiger charge is 2.32. The molecule has 0 radical (unpaired) electrons. The molecule has 140 valence electrons. The molecule has 0 unspecified atom stereocenters. The number of carbonyl (C=O) groups is 1. The van der Waals surface area contributed by atoms with Crippen LogP contribution in [0.15, 0.2) is 30.3 Å². The Morgan fingerprint density at radius 1 is 1.28 bits per heavy atom. The molecule has 1 fully saturated rings. The maximum atomic E-state index is 11.7. The molecule has 0 bridgehead atoms. The van der Waals surface area contributed by atoms with Gasteiger partial charge in [0.15, 0.2) is 0 Å². The largest absolute Gasteiger partial charge is 0.444 e. The van der Waals surface area contributed by atoms with Crippen molar-refractivity contribution in [1.29, 1.82) is 0 Å². The van der Waals surface area contributed by atoms with E-state index in [1.165, 1.54) is 0 Å². The molecule has 1 aliphatic heterocycles. The highest BCUT2D eigenvalue weighted by Crippen LogP contribution is 2.23. The van der Waals surface area contributed by atoms with Crippen molar-refractivity contribution in [1.82, 2.24) is 5.32 Å². The summed E-state index contributed by atoms with van der Waals surface area (Å²) in [6, 6.07) is 9.91. The van der Waals surface area contributed by atoms with Crippen LogP contribution in [0.2, 0.25) is 0 Å². The quantitative estimate of drug-likeness (QED) is 0.824. The number of hydrogen-bond acceptors (Lipinski definition) is 5. The third kappa shape index (κ3) is 7.02. The smallest absolute Gasteiger partial charge is 0.407 e. The van der Waals surface area contributed by atoms with E-state index in [4.69, 9.17) is 14.2 Å². The zero-order chi connectivity index (χ0) is 18.3. The second-order valence-electron chi connectivity index (χ2n) is 7.27. The van der Waals surface area contributed by atoms with E-state index in [1.807, 2.05) is 51.1 Å². The van der Waals surface area contributed by atoms with Crippen LogP contribution < -0.4 is 5.32 Å². The monoisotopic (exact) mass is 351 g/mol. The van der Waals surface area contributed by atoms with Gasteiger partial charge in [0.05, 0.1) is 25.4 Å². The maximum absolute atomic E-state index is 11.7. The fourth-order valence-corrected chi connectivity index (χ4v) is 2.73. The molecule has 1 aliphatic rings. The lowest BCUT2D eigenvalue weighted by atomic mass is 10.0. The van der Waals surface area contributed by atoms with Crippen LogP contribution in [0.4, 0.5) is 4.79 Å². The molecule has 25 heavy (non-hydrogen) atoms. The van der Waals surface area contributed by atoms with Gasteiger partial charge in [-0.1, -0.05) is 30.3 Å². The van der Waals surface area contributed by atoms with Gasteiger partial charge in [-0.15, -0.1) is 0 Å². The fourth-order valence-electron chi connectivity index (χ4n) is 2.73. The van der Waals surface area contributed by atoms with Crippen molar-refractivity contribution in [2.45, 2.75) is 64.1 Å². The number of rotatable bonds is 6. The molecule has 1 amide bonds. The molecule has 1 aromatic rings. The van der Waals surface area contributed by atoms with Crippen molar-refractivity contribution in [3.63, 3.8) is 0 Å². The summed E-state index contributed by atoms with van der Waals surface area (Å²) in [6.45, 7) is 6.20. The Balaban J connectivity index is 1.75. The molecule has 0 spiro atoms. The minimum Gasteiger partial charge on any atom is -0.444 e. The second-order valence-corrected chi connectivity index (χ2v) is 7.27. The average Bonchev–Trinajstić information content (AvgIpc) is 2.58. The average molecular weight is 351 g/mol. The van der Waals surface area contributed by atoms with Gasteiger partial charge in [0, 0.05) is 6.54 Å². The summed E-state index contributed by atoms with van der Waals surface area (Å²) in [6.07, 6.45) is 0.385. The number of aliphatic hydroxyl groups excluding tert-OH is 1. The first kappa shape index (κ1) is 19.7. The lowest BCUT2D eigenvalue weighted by Crippen LogP contribution is -2.47. The van der Waals surface area contributed by atoms with Crippen LogP contribution in [-0.2, 0) is 20.8 Å². The molecule has 0 aliphatic carbocycles. The summed E-state index contributed by atoms with van der Waals surface area (Å²) in [5.74, 6) is 0. The first-order chi connectivity index (χ1) is 11.9. The number of ether oxygens (including phenoxy) is 3. The summed E-state index contributed by atoms with van der Waals surface area (Å²) in [5.41, 5.74) is 0.564. The molecule has 1 heterocycles. The van der Waals surface area contributed by atoms with Gasteiger partial charge in [0.1, 0.15) is 11.7 Å². The standard InChI is InChI=1S/C19H29NO5/c1-19(2,3)25-18(22)20-11-15-9-10-16(17(12-21)24-15)23-13-14-7-5-4-6-8-14/h4-8,15-17,21H,9-13H2,1-3H3,(H,20,22)/t15-,16+,17-/m1/s1. The van der Waals surface area contributed by atoms with Gasteiger partial charge in [0.25, 0.3) is 0 Å². The van der Waals surface area contributed by atoms with Crippen molar-refractivity contribution in [2.75, 3.05) is 13.2 Å². The lowest BCUT2D eigenvalue weighted by Gasteiger charge is -2.35. The molecular formula is C19H29NO5. The SMILES string of the molecule is CC(C)(C)OC(=O)NC[C@H]1CC[C@H](OCc2ccccc2)[C@@H](CO)O1. The number of alkyl carbamates (subject to hydrolysis) is 1. The topological polar surface area (TPSA) is 77.0 Å². The van der Waals surface area contributed by atoms with Crippen LogP contribution in [0.1, 0.15) is 39.2 Å². The van der Waals surface area contributed by atoms with Gasteiger partial charge >= 0.3 is 6.09 Å². The highest BCUT2D eigenvalue weighted by atomic mass is 16.6. The van der Waals surface area contributed by atoms with E-state index in [-0.39, 0.29) is 24.9 Å². The Morgan fingerprint density at radius 3 is 2.64 bits per heavy atom. The molecule has 1 aromatic carbocycles. The lowest BCUT2D eigenvalue weighted by molar-refractivity contribution is -0.155. The van der Waals surface area contributed by atoms with E-state index >= 15 is 0 Å². The summed E-state index contributed by atoms with van der Waals surface area (Å²) >= 11 is 0. The Kier molecular flexibility index (Phi) is 7.23. The fraction of sp³-hybridized carbons (Fsp3) is 0.632. The molecule has 0 aromatic heterocycles. The summed E-state index contributed by atoms with van der Waals surface area (Å²) in [5, 5.41) is 12.3. The molecule has 1 saturated heterocycles. The van der Waals surface area contributed by atoms with Crippen molar-refractivity contribution in [2.24, 2.45) is 0 Å². The van der Waals surface area contributed by atoms with Gasteiger partial charge in [-0.2, -0.15) is 0 Å². The maximum Gasteiger partial charge on any atom is 0.407 e. The minimum absolute atomic E-state index is 0.109. The van der Waals surface area contributed by atoms with E-state index in [2.05, 4.69) is 5.32 Å². The van der Waals surface area contributed by atoms with E-state index in [1.54, 1.807) is 0 Å². The third-order valence-corrected chi connectivity index (χ3v) is 3.91. The highest BCUT2D eigenvalue weighted by molar-refractivity contribution is 5.67.